The minimum atomic E-state index is -2.19. The lowest BCUT2D eigenvalue weighted by molar-refractivity contribution is -0.140. The van der Waals surface area contributed by atoms with Gasteiger partial charge in [0.05, 0.1) is 6.61 Å². The lowest BCUT2D eigenvalue weighted by atomic mass is 10.2. The molecule has 2 amide bonds. The maximum atomic E-state index is 12.8. The van der Waals surface area contributed by atoms with Crippen molar-refractivity contribution in [2.45, 2.75) is 103 Å². The molecule has 2 rings (SSSR count). The summed E-state index contributed by atoms with van der Waals surface area (Å²) in [6, 6.07) is 2.16. The molecule has 3 N–H and O–H groups in total. The Morgan fingerprint density at radius 3 is 2.09 bits per heavy atom. The van der Waals surface area contributed by atoms with Crippen LogP contribution in [-0.4, -0.2) is 75.3 Å². The van der Waals surface area contributed by atoms with Crippen LogP contribution in [0.15, 0.2) is 23.7 Å². The van der Waals surface area contributed by atoms with Crippen molar-refractivity contribution in [2.75, 3.05) is 19.8 Å². The Hall–Kier alpha value is -2.46. The SMILES string of the molecule is CC(C)(C)[Si](C)(C)OCCCCCNC(=O)c1ccc(-c2nc(C(=O)N[C@@H](CO[Si](C)(C)C(C)(C)C)C(=O)O)cs2)cn1. The molecule has 10 nitrogen and oxygen atoms in total. The summed E-state index contributed by atoms with van der Waals surface area (Å²) in [7, 11) is -3.91. The number of nitrogens with one attached hydrogen (secondary N) is 2. The molecule has 43 heavy (non-hydrogen) atoms. The number of carbonyl (C=O) groups excluding carboxylic acids is 2. The first-order valence-electron chi connectivity index (χ1n) is 14.8. The fraction of sp³-hybridized carbons (Fsp3) is 0.633. The third-order valence-corrected chi connectivity index (χ3v) is 18.3. The third kappa shape index (κ3) is 10.9. The Morgan fingerprint density at radius 1 is 0.907 bits per heavy atom. The van der Waals surface area contributed by atoms with Gasteiger partial charge in [0.1, 0.15) is 22.4 Å². The molecule has 2 aromatic heterocycles. The second-order valence-electron chi connectivity index (χ2n) is 13.8. The first kappa shape index (κ1) is 36.7. The number of carboxylic acids is 1. The highest BCUT2D eigenvalue weighted by Crippen LogP contribution is 2.37. The van der Waals surface area contributed by atoms with Gasteiger partial charge in [0.2, 0.25) is 0 Å². The molecule has 0 fully saturated rings. The van der Waals surface area contributed by atoms with Crippen LogP contribution in [0.5, 0.6) is 0 Å². The normalized spacial score (nSPS) is 13.4. The average molecular weight is 651 g/mol. The zero-order chi connectivity index (χ0) is 32.6. The molecule has 240 valence electrons. The monoisotopic (exact) mass is 650 g/mol. The number of amides is 2. The highest BCUT2D eigenvalue weighted by molar-refractivity contribution is 7.13. The van der Waals surface area contributed by atoms with Gasteiger partial charge in [0, 0.05) is 30.3 Å². The second kappa shape index (κ2) is 15.0. The molecule has 0 aromatic carbocycles. The molecule has 0 aliphatic carbocycles. The van der Waals surface area contributed by atoms with E-state index in [0.717, 1.165) is 25.9 Å². The van der Waals surface area contributed by atoms with Crippen molar-refractivity contribution in [3.05, 3.63) is 35.1 Å². The lowest BCUT2D eigenvalue weighted by Gasteiger charge is -2.36. The first-order chi connectivity index (χ1) is 19.7. The van der Waals surface area contributed by atoms with Crippen molar-refractivity contribution in [1.82, 2.24) is 20.6 Å². The molecule has 1 atom stereocenters. The van der Waals surface area contributed by atoms with Gasteiger partial charge in [0.25, 0.3) is 11.8 Å². The minimum Gasteiger partial charge on any atom is -0.480 e. The molecule has 2 aromatic rings. The molecular formula is C30H50N4O6SSi2. The van der Waals surface area contributed by atoms with Gasteiger partial charge in [-0.05, 0) is 67.7 Å². The van der Waals surface area contributed by atoms with Crippen LogP contribution in [0.1, 0.15) is 81.8 Å². The fourth-order valence-electron chi connectivity index (χ4n) is 3.32. The van der Waals surface area contributed by atoms with E-state index in [4.69, 9.17) is 8.85 Å². The van der Waals surface area contributed by atoms with Crippen LogP contribution in [0.4, 0.5) is 0 Å². The average Bonchev–Trinajstić information content (AvgIpc) is 3.39. The van der Waals surface area contributed by atoms with Gasteiger partial charge >= 0.3 is 5.97 Å². The van der Waals surface area contributed by atoms with Crippen LogP contribution in [0.25, 0.3) is 10.6 Å². The number of aromatic nitrogens is 2. The minimum absolute atomic E-state index is 0.0888. The summed E-state index contributed by atoms with van der Waals surface area (Å²) >= 11 is 1.24. The van der Waals surface area contributed by atoms with Crippen LogP contribution < -0.4 is 10.6 Å². The summed E-state index contributed by atoms with van der Waals surface area (Å²) in [5.41, 5.74) is 1.05. The predicted octanol–water partition coefficient (Wildman–Crippen LogP) is 6.33. The molecule has 2 heterocycles. The quantitative estimate of drug-likeness (QED) is 0.150. The van der Waals surface area contributed by atoms with Gasteiger partial charge in [-0.1, -0.05) is 41.5 Å². The zero-order valence-corrected chi connectivity index (χ0v) is 30.2. The number of carbonyl (C=O) groups is 3. The van der Waals surface area contributed by atoms with Crippen molar-refractivity contribution in [3.8, 4) is 10.6 Å². The summed E-state index contributed by atoms with van der Waals surface area (Å²) < 4.78 is 12.2. The van der Waals surface area contributed by atoms with Crippen LogP contribution in [0, 0.1) is 0 Å². The topological polar surface area (TPSA) is 140 Å². The number of carboxylic acid groups (broad SMARTS) is 1. The number of nitrogens with zero attached hydrogens (tertiary/aromatic N) is 2. The molecule has 0 saturated heterocycles. The lowest BCUT2D eigenvalue weighted by Crippen LogP contribution is -2.49. The second-order valence-corrected chi connectivity index (χ2v) is 24.3. The Kier molecular flexibility index (Phi) is 12.8. The van der Waals surface area contributed by atoms with E-state index in [9.17, 15) is 19.5 Å². The molecule has 13 heteroatoms. The molecule has 0 aliphatic rings. The number of aliphatic carboxylic acids is 1. The molecule has 0 spiro atoms. The van der Waals surface area contributed by atoms with Crippen LogP contribution in [-0.2, 0) is 13.6 Å². The van der Waals surface area contributed by atoms with Crippen LogP contribution in [0.3, 0.4) is 0 Å². The van der Waals surface area contributed by atoms with Crippen molar-refractivity contribution in [3.63, 3.8) is 0 Å². The molecule has 0 bridgehead atoms. The van der Waals surface area contributed by atoms with Crippen LogP contribution >= 0.6 is 11.3 Å². The number of hydrogen-bond acceptors (Lipinski definition) is 8. The molecule has 0 aliphatic heterocycles. The van der Waals surface area contributed by atoms with E-state index in [2.05, 4.69) is 75.2 Å². The van der Waals surface area contributed by atoms with E-state index in [1.54, 1.807) is 23.7 Å². The summed E-state index contributed by atoms with van der Waals surface area (Å²) in [4.78, 5) is 45.7. The standard InChI is InChI=1S/C30H50N4O6SSi2/c1-29(2,3)42(7,8)39-17-13-11-12-16-31-25(35)22-15-14-21(18-32-22)27-34-24(20-41-27)26(36)33-23(28(37)38)19-40-43(9,10)30(4,5)6/h14-15,18,20,23H,11-13,16-17,19H2,1-10H3,(H,31,35)(H,33,36)(H,37,38)/t23-/m0/s1. The Labute approximate surface area is 262 Å². The maximum absolute atomic E-state index is 12.8. The third-order valence-electron chi connectivity index (χ3n) is 8.38. The first-order valence-corrected chi connectivity index (χ1v) is 21.5. The van der Waals surface area contributed by atoms with E-state index in [1.807, 2.05) is 13.1 Å². The number of pyridine rings is 1. The molecule has 0 saturated carbocycles. The predicted molar refractivity (Wildman–Crippen MR) is 177 cm³/mol. The maximum Gasteiger partial charge on any atom is 0.328 e. The molecule has 0 unspecified atom stereocenters. The Balaban J connectivity index is 1.85. The van der Waals surface area contributed by atoms with E-state index in [0.29, 0.717) is 22.8 Å². The van der Waals surface area contributed by atoms with Gasteiger partial charge in [-0.15, -0.1) is 11.3 Å². The van der Waals surface area contributed by atoms with Gasteiger partial charge in [-0.2, -0.15) is 0 Å². The van der Waals surface area contributed by atoms with Gasteiger partial charge in [-0.25, -0.2) is 9.78 Å². The number of unbranched alkanes of at least 4 members (excludes halogenated alkanes) is 2. The Bertz CT molecular complexity index is 1240. The zero-order valence-electron chi connectivity index (χ0n) is 27.4. The van der Waals surface area contributed by atoms with Crippen molar-refractivity contribution in [2.24, 2.45) is 0 Å². The van der Waals surface area contributed by atoms with Crippen molar-refractivity contribution < 1.29 is 28.3 Å². The van der Waals surface area contributed by atoms with E-state index in [-0.39, 0.29) is 28.3 Å². The summed E-state index contributed by atoms with van der Waals surface area (Å²) in [5, 5.41) is 17.3. The summed E-state index contributed by atoms with van der Waals surface area (Å²) in [5.74, 6) is -2.01. The largest absolute Gasteiger partial charge is 0.480 e. The highest BCUT2D eigenvalue weighted by atomic mass is 32.1. The number of thiazole rings is 1. The van der Waals surface area contributed by atoms with Crippen LogP contribution in [0.2, 0.25) is 36.3 Å². The van der Waals surface area contributed by atoms with E-state index in [1.165, 1.54) is 11.3 Å². The molecule has 0 radical (unpaired) electrons. The summed E-state index contributed by atoms with van der Waals surface area (Å²) in [6.07, 6.45) is 4.34. The number of hydrogen-bond donors (Lipinski definition) is 3. The summed E-state index contributed by atoms with van der Waals surface area (Å²) in [6.45, 7) is 22.6. The van der Waals surface area contributed by atoms with Gasteiger partial charge in [-0.3, -0.25) is 14.6 Å². The van der Waals surface area contributed by atoms with Gasteiger partial charge in [0.15, 0.2) is 16.6 Å². The Morgan fingerprint density at radius 2 is 1.53 bits per heavy atom. The van der Waals surface area contributed by atoms with Crippen molar-refractivity contribution >= 4 is 45.8 Å². The number of rotatable bonds is 15. The van der Waals surface area contributed by atoms with Crippen molar-refractivity contribution in [1.29, 1.82) is 0 Å². The van der Waals surface area contributed by atoms with Gasteiger partial charge < -0.3 is 24.6 Å². The smallest absolute Gasteiger partial charge is 0.328 e. The van der Waals surface area contributed by atoms with E-state index >= 15 is 0 Å². The molecular weight excluding hydrogens is 601 g/mol. The fourth-order valence-corrected chi connectivity index (χ4v) is 6.22. The van der Waals surface area contributed by atoms with E-state index < -0.39 is 34.6 Å². The highest BCUT2D eigenvalue weighted by Gasteiger charge is 2.39.